The summed E-state index contributed by atoms with van der Waals surface area (Å²) in [6.07, 6.45) is 1.84. The second kappa shape index (κ2) is 10.7. The predicted molar refractivity (Wildman–Crippen MR) is 146 cm³/mol. The van der Waals surface area contributed by atoms with E-state index in [1.54, 1.807) is 24.3 Å². The van der Waals surface area contributed by atoms with Gasteiger partial charge in [0.15, 0.2) is 11.5 Å². The Balaban J connectivity index is 0.00000323. The first-order valence-corrected chi connectivity index (χ1v) is 14.7. The maximum Gasteiger partial charge on any atom is 0.240 e. The minimum atomic E-state index is -3.61. The summed E-state index contributed by atoms with van der Waals surface area (Å²) in [7, 11) is -3.61. The maximum atomic E-state index is 13.4. The number of benzene rings is 2. The van der Waals surface area contributed by atoms with E-state index < -0.39 is 15.4 Å². The van der Waals surface area contributed by atoms with E-state index in [0.717, 1.165) is 37.1 Å². The van der Waals surface area contributed by atoms with Gasteiger partial charge in [-0.2, -0.15) is 0 Å². The molecule has 2 fully saturated rings. The van der Waals surface area contributed by atoms with Gasteiger partial charge in [0.1, 0.15) is 5.78 Å². The predicted octanol–water partition coefficient (Wildman–Crippen LogP) is 3.18. The normalized spacial score (nSPS) is 18.2. The number of ether oxygens (including phenoxy) is 3. The number of nitrogens with zero attached hydrogens (tertiary/aromatic N) is 2. The van der Waals surface area contributed by atoms with Crippen LogP contribution < -0.4 is 14.2 Å². The number of ketones is 1. The third-order valence-electron chi connectivity index (χ3n) is 7.64. The Morgan fingerprint density at radius 3 is 2.54 bits per heavy atom. The van der Waals surface area contributed by atoms with Crippen molar-refractivity contribution in [1.82, 2.24) is 14.6 Å². The van der Waals surface area contributed by atoms with E-state index in [1.807, 2.05) is 36.4 Å². The van der Waals surface area contributed by atoms with Crippen LogP contribution in [0.1, 0.15) is 25.5 Å². The average molecular weight is 552 g/mol. The van der Waals surface area contributed by atoms with Crippen LogP contribution in [0.25, 0.3) is 11.3 Å². The van der Waals surface area contributed by atoms with Crippen molar-refractivity contribution < 1.29 is 28.8 Å². The van der Waals surface area contributed by atoms with E-state index in [4.69, 9.17) is 19.2 Å². The third-order valence-corrected chi connectivity index (χ3v) is 9.12. The van der Waals surface area contributed by atoms with E-state index in [0.29, 0.717) is 49.2 Å². The summed E-state index contributed by atoms with van der Waals surface area (Å²) < 4.78 is 44.4. The standard InChI is InChI=1S/C29H31N3O6S.H2/c33-28(29(10-11-29)22-6-9-26-27(18-22)38-20-37-26)19-23-2-1-3-25(31-23)21-4-7-24(8-5-21)39(34,35)30-12-13-32-14-16-36-17-15-32;/h1-9,18,30H,10-17,19-20H2;1H. The van der Waals surface area contributed by atoms with Crippen LogP contribution in [0.5, 0.6) is 11.5 Å². The number of morpholine rings is 1. The molecule has 206 valence electrons. The molecule has 2 aliphatic heterocycles. The summed E-state index contributed by atoms with van der Waals surface area (Å²) in [5, 5.41) is 0. The van der Waals surface area contributed by atoms with E-state index in [9.17, 15) is 13.2 Å². The number of Topliss-reactive ketones (excluding diaryl/α,β-unsaturated/α-hetero) is 1. The zero-order valence-corrected chi connectivity index (χ0v) is 22.4. The molecule has 1 aliphatic carbocycles. The van der Waals surface area contributed by atoms with Crippen LogP contribution in [0.4, 0.5) is 0 Å². The van der Waals surface area contributed by atoms with Crippen LogP contribution in [0.2, 0.25) is 0 Å². The lowest BCUT2D eigenvalue weighted by Crippen LogP contribution is -2.41. The van der Waals surface area contributed by atoms with Gasteiger partial charge in [-0.25, -0.2) is 13.1 Å². The van der Waals surface area contributed by atoms with Crippen LogP contribution in [0.15, 0.2) is 65.6 Å². The van der Waals surface area contributed by atoms with E-state index in [-0.39, 0.29) is 25.3 Å². The number of aromatic nitrogens is 1. The Kier molecular flexibility index (Phi) is 7.11. The number of hydrogen-bond acceptors (Lipinski definition) is 8. The third kappa shape index (κ3) is 5.56. The van der Waals surface area contributed by atoms with Crippen molar-refractivity contribution in [1.29, 1.82) is 0 Å². The summed E-state index contributed by atoms with van der Waals surface area (Å²) in [5.74, 6) is 1.53. The fraction of sp³-hybridized carbons (Fsp3) is 0.379. The van der Waals surface area contributed by atoms with Gasteiger partial charge in [0.25, 0.3) is 0 Å². The van der Waals surface area contributed by atoms with Gasteiger partial charge in [-0.1, -0.05) is 24.3 Å². The van der Waals surface area contributed by atoms with Gasteiger partial charge in [-0.15, -0.1) is 0 Å². The Morgan fingerprint density at radius 2 is 1.77 bits per heavy atom. The largest absolute Gasteiger partial charge is 0.454 e. The average Bonchev–Trinajstić information content (AvgIpc) is 3.64. The molecule has 1 saturated carbocycles. The van der Waals surface area contributed by atoms with E-state index in [1.165, 1.54) is 0 Å². The Bertz CT molecular complexity index is 1470. The number of carbonyl (C=O) groups excluding carboxylic acids is 1. The topological polar surface area (TPSA) is 107 Å². The molecule has 0 bridgehead atoms. The Hall–Kier alpha value is -3.31. The van der Waals surface area contributed by atoms with Crippen molar-refractivity contribution in [3.63, 3.8) is 0 Å². The molecule has 9 nitrogen and oxygen atoms in total. The lowest BCUT2D eigenvalue weighted by Gasteiger charge is -2.26. The fourth-order valence-electron chi connectivity index (χ4n) is 5.17. The molecule has 0 unspecified atom stereocenters. The lowest BCUT2D eigenvalue weighted by atomic mass is 9.88. The van der Waals surface area contributed by atoms with Crippen molar-refractivity contribution in [2.75, 3.05) is 46.2 Å². The number of sulfonamides is 1. The highest BCUT2D eigenvalue weighted by Crippen LogP contribution is 2.51. The molecular weight excluding hydrogens is 518 g/mol. The molecule has 3 aliphatic rings. The van der Waals surface area contributed by atoms with Gasteiger partial charge < -0.3 is 14.2 Å². The summed E-state index contributed by atoms with van der Waals surface area (Å²) in [5.41, 5.74) is 2.63. The first-order valence-electron chi connectivity index (χ1n) is 13.2. The van der Waals surface area contributed by atoms with Crippen molar-refractivity contribution >= 4 is 15.8 Å². The molecule has 39 heavy (non-hydrogen) atoms. The van der Waals surface area contributed by atoms with Gasteiger partial charge in [-0.05, 0) is 54.8 Å². The molecule has 0 amide bonds. The van der Waals surface area contributed by atoms with Crippen molar-refractivity contribution in [3.05, 3.63) is 71.9 Å². The highest BCUT2D eigenvalue weighted by molar-refractivity contribution is 7.89. The zero-order chi connectivity index (χ0) is 26.9. The molecular formula is C29H33N3O6S. The molecule has 1 saturated heterocycles. The number of hydrogen-bond donors (Lipinski definition) is 1. The second-order valence-electron chi connectivity index (χ2n) is 10.1. The van der Waals surface area contributed by atoms with Crippen LogP contribution in [-0.2, 0) is 31.4 Å². The van der Waals surface area contributed by atoms with Gasteiger partial charge in [0, 0.05) is 45.3 Å². The molecule has 6 rings (SSSR count). The Morgan fingerprint density at radius 1 is 1.00 bits per heavy atom. The highest BCUT2D eigenvalue weighted by atomic mass is 32.2. The smallest absolute Gasteiger partial charge is 0.240 e. The number of pyridine rings is 1. The van der Waals surface area contributed by atoms with Gasteiger partial charge >= 0.3 is 0 Å². The van der Waals surface area contributed by atoms with E-state index in [2.05, 4.69) is 9.62 Å². The van der Waals surface area contributed by atoms with Crippen LogP contribution in [0, 0.1) is 0 Å². The molecule has 1 N–H and O–H groups in total. The van der Waals surface area contributed by atoms with Crippen LogP contribution >= 0.6 is 0 Å². The SMILES string of the molecule is O=C(Cc1cccc(-c2ccc(S(=O)(=O)NCCN3CCOCC3)cc2)n1)C1(c2ccc3c(c2)OCO3)CC1.[HH]. The summed E-state index contributed by atoms with van der Waals surface area (Å²) >= 11 is 0. The number of carbonyl (C=O) groups is 1. The van der Waals surface area contributed by atoms with Crippen molar-refractivity contribution in [3.8, 4) is 22.8 Å². The lowest BCUT2D eigenvalue weighted by molar-refractivity contribution is -0.120. The van der Waals surface area contributed by atoms with Crippen LogP contribution in [-0.4, -0.2) is 70.3 Å². The second-order valence-corrected chi connectivity index (χ2v) is 11.9. The maximum absolute atomic E-state index is 13.4. The molecule has 10 heteroatoms. The summed E-state index contributed by atoms with van der Waals surface area (Å²) in [6.45, 7) is 4.17. The number of fused-ring (bicyclic) bond motifs is 1. The minimum absolute atomic E-state index is 0. The van der Waals surface area contributed by atoms with Gasteiger partial charge in [0.2, 0.25) is 16.8 Å². The molecule has 0 spiro atoms. The van der Waals surface area contributed by atoms with Crippen molar-refractivity contribution in [2.24, 2.45) is 0 Å². The molecule has 2 aromatic carbocycles. The monoisotopic (exact) mass is 551 g/mol. The fourth-order valence-corrected chi connectivity index (χ4v) is 6.19. The molecule has 3 heterocycles. The van der Waals surface area contributed by atoms with Gasteiger partial charge in [0.05, 0.1) is 29.2 Å². The van der Waals surface area contributed by atoms with Crippen LogP contribution in [0.3, 0.4) is 0 Å². The zero-order valence-electron chi connectivity index (χ0n) is 21.6. The number of nitrogens with one attached hydrogen (secondary N) is 1. The van der Waals surface area contributed by atoms with E-state index >= 15 is 0 Å². The number of rotatable bonds is 10. The first kappa shape index (κ1) is 25.9. The Labute approximate surface area is 229 Å². The summed E-state index contributed by atoms with van der Waals surface area (Å²) in [6, 6.07) is 18.0. The molecule has 3 aromatic rings. The first-order chi connectivity index (χ1) is 18.9. The highest BCUT2D eigenvalue weighted by Gasteiger charge is 2.51. The molecule has 0 radical (unpaired) electrons. The van der Waals surface area contributed by atoms with Crippen molar-refractivity contribution in [2.45, 2.75) is 29.6 Å². The van der Waals surface area contributed by atoms with Gasteiger partial charge in [-0.3, -0.25) is 14.7 Å². The molecule has 0 atom stereocenters. The quantitative estimate of drug-likeness (QED) is 0.410. The minimum Gasteiger partial charge on any atom is -0.454 e. The summed E-state index contributed by atoms with van der Waals surface area (Å²) in [4.78, 5) is 20.5. The molecule has 1 aromatic heterocycles.